The molecule has 0 bridgehead atoms. The summed E-state index contributed by atoms with van der Waals surface area (Å²) in [7, 11) is 0. The molecule has 0 radical (unpaired) electrons. The second-order valence-corrected chi connectivity index (χ2v) is 5.70. The van der Waals surface area contributed by atoms with E-state index in [1.807, 2.05) is 43.0 Å². The molecule has 1 saturated heterocycles. The zero-order valence-electron chi connectivity index (χ0n) is 13.0. The molecule has 114 valence electrons. The molecule has 1 aliphatic heterocycles. The molecule has 0 aliphatic carbocycles. The van der Waals surface area contributed by atoms with E-state index in [4.69, 9.17) is 0 Å². The largest absolute Gasteiger partial charge is 0.340 e. The van der Waals surface area contributed by atoms with Crippen LogP contribution in [0.25, 0.3) is 0 Å². The summed E-state index contributed by atoms with van der Waals surface area (Å²) >= 11 is 0. The molecule has 0 N–H and O–H groups in total. The van der Waals surface area contributed by atoms with Crippen LogP contribution >= 0.6 is 0 Å². The summed E-state index contributed by atoms with van der Waals surface area (Å²) < 4.78 is 0. The highest BCUT2D eigenvalue weighted by Crippen LogP contribution is 2.08. The van der Waals surface area contributed by atoms with Crippen LogP contribution in [0.4, 0.5) is 0 Å². The lowest BCUT2D eigenvalue weighted by molar-refractivity contribution is -0.132. The van der Waals surface area contributed by atoms with Gasteiger partial charge in [-0.05, 0) is 13.3 Å². The molecule has 0 atom stereocenters. The Hall–Kier alpha value is -1.68. The average Bonchev–Trinajstić information content (AvgIpc) is 2.49. The van der Waals surface area contributed by atoms with Gasteiger partial charge in [0.05, 0.1) is 6.54 Å². The molecule has 1 aromatic carbocycles. The normalized spacial score (nSPS) is 16.0. The second-order valence-electron chi connectivity index (χ2n) is 5.70. The Labute approximate surface area is 126 Å². The van der Waals surface area contributed by atoms with Crippen LogP contribution in [0.5, 0.6) is 0 Å². The predicted octanol–water partition coefficient (Wildman–Crippen LogP) is 2.12. The lowest BCUT2D eigenvalue weighted by Crippen LogP contribution is -2.49. The number of nitrogens with zero attached hydrogens (tertiary/aromatic N) is 2. The van der Waals surface area contributed by atoms with Gasteiger partial charge in [0, 0.05) is 38.2 Å². The molecule has 1 fully saturated rings. The van der Waals surface area contributed by atoms with Crippen LogP contribution in [-0.2, 0) is 4.79 Å². The third kappa shape index (κ3) is 4.39. The van der Waals surface area contributed by atoms with Gasteiger partial charge in [-0.25, -0.2) is 0 Å². The third-order valence-corrected chi connectivity index (χ3v) is 3.93. The molecular formula is C17H24N2O2. The van der Waals surface area contributed by atoms with Gasteiger partial charge in [-0.3, -0.25) is 14.5 Å². The van der Waals surface area contributed by atoms with Crippen molar-refractivity contribution < 1.29 is 9.59 Å². The number of amides is 1. The highest BCUT2D eigenvalue weighted by atomic mass is 16.2. The van der Waals surface area contributed by atoms with Gasteiger partial charge in [-0.2, -0.15) is 0 Å². The summed E-state index contributed by atoms with van der Waals surface area (Å²) in [5.41, 5.74) is 1.93. The van der Waals surface area contributed by atoms with Crippen LogP contribution in [0, 0.1) is 6.92 Å². The monoisotopic (exact) mass is 288 g/mol. The van der Waals surface area contributed by atoms with E-state index < -0.39 is 0 Å². The number of Topliss-reactive ketones (excluding diaryl/α,β-unsaturated/α-hetero) is 1. The summed E-state index contributed by atoms with van der Waals surface area (Å²) in [6.45, 7) is 7.52. The van der Waals surface area contributed by atoms with Crippen molar-refractivity contribution in [3.05, 3.63) is 35.4 Å². The fourth-order valence-electron chi connectivity index (χ4n) is 2.56. The second kappa shape index (κ2) is 7.36. The Morgan fingerprint density at radius 2 is 1.67 bits per heavy atom. The Morgan fingerprint density at radius 3 is 2.24 bits per heavy atom. The van der Waals surface area contributed by atoms with E-state index in [0.717, 1.165) is 43.7 Å². The fourth-order valence-corrected chi connectivity index (χ4v) is 2.56. The first kappa shape index (κ1) is 15.7. The highest BCUT2D eigenvalue weighted by Gasteiger charge is 2.22. The number of carbonyl (C=O) groups is 2. The van der Waals surface area contributed by atoms with Gasteiger partial charge in [-0.15, -0.1) is 0 Å². The van der Waals surface area contributed by atoms with E-state index in [0.29, 0.717) is 13.0 Å². The lowest BCUT2D eigenvalue weighted by Gasteiger charge is -2.34. The first-order valence-corrected chi connectivity index (χ1v) is 7.70. The molecule has 1 amide bonds. The van der Waals surface area contributed by atoms with Gasteiger partial charge in [0.25, 0.3) is 0 Å². The number of rotatable bonds is 5. The van der Waals surface area contributed by atoms with Crippen molar-refractivity contribution in [3.8, 4) is 0 Å². The van der Waals surface area contributed by atoms with E-state index in [9.17, 15) is 9.59 Å². The molecule has 4 nitrogen and oxygen atoms in total. The highest BCUT2D eigenvalue weighted by molar-refractivity contribution is 5.97. The van der Waals surface area contributed by atoms with Crippen LogP contribution in [-0.4, -0.2) is 54.2 Å². The molecule has 2 rings (SSSR count). The number of ketones is 1. The van der Waals surface area contributed by atoms with Crippen LogP contribution in [0.1, 0.15) is 35.7 Å². The van der Waals surface area contributed by atoms with Gasteiger partial charge in [0.15, 0.2) is 5.78 Å². The smallest absolute Gasteiger partial charge is 0.222 e. The first-order chi connectivity index (χ1) is 10.1. The number of aryl methyl sites for hydroxylation is 1. The van der Waals surface area contributed by atoms with Crippen molar-refractivity contribution in [3.63, 3.8) is 0 Å². The maximum Gasteiger partial charge on any atom is 0.222 e. The third-order valence-electron chi connectivity index (χ3n) is 3.93. The molecule has 1 heterocycles. The predicted molar refractivity (Wildman–Crippen MR) is 83.4 cm³/mol. The molecule has 1 aromatic rings. The molecule has 0 spiro atoms. The molecule has 21 heavy (non-hydrogen) atoms. The standard InChI is InChI=1S/C17H24N2O2/c1-3-4-17(21)19-11-9-18(10-12-19)13-16(20)15-7-5-14(2)6-8-15/h5-8H,3-4,9-13H2,1-2H3. The topological polar surface area (TPSA) is 40.6 Å². The van der Waals surface area contributed by atoms with Crippen molar-refractivity contribution in [2.24, 2.45) is 0 Å². The van der Waals surface area contributed by atoms with Gasteiger partial charge in [0.1, 0.15) is 0 Å². The van der Waals surface area contributed by atoms with Crippen LogP contribution in [0.2, 0.25) is 0 Å². The summed E-state index contributed by atoms with van der Waals surface area (Å²) in [4.78, 5) is 28.1. The molecule has 0 aromatic heterocycles. The zero-order valence-corrected chi connectivity index (χ0v) is 13.0. The average molecular weight is 288 g/mol. The molecule has 0 saturated carbocycles. The lowest BCUT2D eigenvalue weighted by atomic mass is 10.1. The summed E-state index contributed by atoms with van der Waals surface area (Å²) in [6.07, 6.45) is 1.52. The van der Waals surface area contributed by atoms with Gasteiger partial charge >= 0.3 is 0 Å². The van der Waals surface area contributed by atoms with E-state index in [-0.39, 0.29) is 11.7 Å². The van der Waals surface area contributed by atoms with Gasteiger partial charge in [-0.1, -0.05) is 36.8 Å². The van der Waals surface area contributed by atoms with E-state index in [2.05, 4.69) is 4.90 Å². The minimum Gasteiger partial charge on any atom is -0.340 e. The number of benzene rings is 1. The Morgan fingerprint density at radius 1 is 1.05 bits per heavy atom. The van der Waals surface area contributed by atoms with Crippen molar-refractivity contribution >= 4 is 11.7 Å². The van der Waals surface area contributed by atoms with Crippen LogP contribution in [0.15, 0.2) is 24.3 Å². The van der Waals surface area contributed by atoms with Crippen molar-refractivity contribution in [2.45, 2.75) is 26.7 Å². The fraction of sp³-hybridized carbons (Fsp3) is 0.529. The van der Waals surface area contributed by atoms with Gasteiger partial charge in [0.2, 0.25) is 5.91 Å². The SMILES string of the molecule is CCCC(=O)N1CCN(CC(=O)c2ccc(C)cc2)CC1. The van der Waals surface area contributed by atoms with Crippen molar-refractivity contribution in [1.29, 1.82) is 0 Å². The molecular weight excluding hydrogens is 264 g/mol. The minimum atomic E-state index is 0.156. The Bertz CT molecular complexity index is 488. The quantitative estimate of drug-likeness (QED) is 0.779. The zero-order chi connectivity index (χ0) is 15.2. The van der Waals surface area contributed by atoms with Crippen molar-refractivity contribution in [2.75, 3.05) is 32.7 Å². The van der Waals surface area contributed by atoms with E-state index in [1.54, 1.807) is 0 Å². The Kier molecular flexibility index (Phi) is 5.51. The number of hydrogen-bond acceptors (Lipinski definition) is 3. The summed E-state index contributed by atoms with van der Waals surface area (Å²) in [5.74, 6) is 0.394. The number of hydrogen-bond donors (Lipinski definition) is 0. The van der Waals surface area contributed by atoms with E-state index in [1.165, 1.54) is 0 Å². The minimum absolute atomic E-state index is 0.156. The first-order valence-electron chi connectivity index (χ1n) is 7.70. The summed E-state index contributed by atoms with van der Waals surface area (Å²) in [6, 6.07) is 7.71. The Balaban J connectivity index is 1.82. The number of piperazine rings is 1. The van der Waals surface area contributed by atoms with E-state index >= 15 is 0 Å². The maximum atomic E-state index is 12.2. The maximum absolute atomic E-state index is 12.2. The molecule has 4 heteroatoms. The summed E-state index contributed by atoms with van der Waals surface area (Å²) in [5, 5.41) is 0. The molecule has 0 unspecified atom stereocenters. The van der Waals surface area contributed by atoms with Crippen molar-refractivity contribution in [1.82, 2.24) is 9.80 Å². The van der Waals surface area contributed by atoms with Crippen LogP contribution < -0.4 is 0 Å². The van der Waals surface area contributed by atoms with Gasteiger partial charge < -0.3 is 4.90 Å². The molecule has 1 aliphatic rings. The number of carbonyl (C=O) groups excluding carboxylic acids is 2. The van der Waals surface area contributed by atoms with Crippen LogP contribution in [0.3, 0.4) is 0 Å².